The first-order valence-corrected chi connectivity index (χ1v) is 14.3. The number of alkyl halides is 3. The Morgan fingerprint density at radius 1 is 1.03 bits per heavy atom. The fraction of sp³-hybridized carbons (Fsp3) is 0.286. The minimum absolute atomic E-state index is 0.0590. The van der Waals surface area contributed by atoms with Gasteiger partial charge in [-0.15, -0.1) is 0 Å². The van der Waals surface area contributed by atoms with Crippen molar-refractivity contribution in [2.45, 2.75) is 44.3 Å². The fourth-order valence-electron chi connectivity index (χ4n) is 3.86. The molecule has 0 fully saturated rings. The van der Waals surface area contributed by atoms with Crippen LogP contribution in [0.1, 0.15) is 46.9 Å². The van der Waals surface area contributed by atoms with Crippen molar-refractivity contribution in [3.05, 3.63) is 101 Å². The van der Waals surface area contributed by atoms with E-state index in [2.05, 4.69) is 9.97 Å². The number of halogens is 3. The Balaban J connectivity index is 1.20. The highest BCUT2D eigenvalue weighted by atomic mass is 32.2. The van der Waals surface area contributed by atoms with Crippen LogP contribution < -0.4 is 4.74 Å². The molecule has 0 bridgehead atoms. The number of nitrogens with zero attached hydrogens (tertiary/aromatic N) is 3. The van der Waals surface area contributed by atoms with Crippen molar-refractivity contribution in [2.24, 2.45) is 0 Å². The molecule has 39 heavy (non-hydrogen) atoms. The lowest BCUT2D eigenvalue weighted by Gasteiger charge is -2.08. The molecule has 2 aromatic carbocycles. The van der Waals surface area contributed by atoms with Gasteiger partial charge in [0.15, 0.2) is 9.84 Å². The van der Waals surface area contributed by atoms with Gasteiger partial charge in [0.2, 0.25) is 5.89 Å². The topological polar surface area (TPSA) is 87.2 Å². The third-order valence-corrected chi connectivity index (χ3v) is 6.63. The number of unbranched alkanes of at least 4 members (excludes halogenated alkanes) is 1. The van der Waals surface area contributed by atoms with Crippen LogP contribution in [0.5, 0.6) is 5.75 Å². The molecule has 0 saturated carbocycles. The van der Waals surface area contributed by atoms with Crippen LogP contribution in [-0.4, -0.2) is 29.2 Å². The maximum absolute atomic E-state index is 12.7. The summed E-state index contributed by atoms with van der Waals surface area (Å²) in [6.07, 6.45) is 7.67. The van der Waals surface area contributed by atoms with E-state index in [1.54, 1.807) is 24.5 Å². The van der Waals surface area contributed by atoms with E-state index >= 15 is 0 Å². The predicted octanol–water partition coefficient (Wildman–Crippen LogP) is 6.21. The third kappa shape index (κ3) is 8.85. The van der Waals surface area contributed by atoms with E-state index in [4.69, 9.17) is 9.15 Å². The Labute approximate surface area is 224 Å². The van der Waals surface area contributed by atoms with Crippen molar-refractivity contribution in [2.75, 3.05) is 6.26 Å². The van der Waals surface area contributed by atoms with E-state index in [9.17, 15) is 21.6 Å². The molecule has 0 amide bonds. The Morgan fingerprint density at radius 2 is 1.77 bits per heavy atom. The molecule has 0 unspecified atom stereocenters. The second-order valence-electron chi connectivity index (χ2n) is 9.13. The zero-order chi connectivity index (χ0) is 27.9. The van der Waals surface area contributed by atoms with Crippen LogP contribution in [0.4, 0.5) is 13.2 Å². The predicted molar refractivity (Wildman–Crippen MR) is 141 cm³/mol. The molecule has 0 aliphatic carbocycles. The molecule has 0 N–H and O–H groups in total. The van der Waals surface area contributed by atoms with Crippen molar-refractivity contribution in [3.8, 4) is 5.75 Å². The van der Waals surface area contributed by atoms with Gasteiger partial charge in [-0.25, -0.2) is 18.4 Å². The third-order valence-electron chi connectivity index (χ3n) is 5.84. The number of aryl methyl sites for hydroxylation is 2. The van der Waals surface area contributed by atoms with Gasteiger partial charge in [-0.3, -0.25) is 0 Å². The number of sulfone groups is 1. The lowest BCUT2D eigenvalue weighted by atomic mass is 10.1. The van der Waals surface area contributed by atoms with Crippen molar-refractivity contribution in [1.82, 2.24) is 14.5 Å². The van der Waals surface area contributed by atoms with Crippen LogP contribution >= 0.6 is 0 Å². The first-order chi connectivity index (χ1) is 18.5. The highest BCUT2D eigenvalue weighted by Gasteiger charge is 2.29. The van der Waals surface area contributed by atoms with Gasteiger partial charge < -0.3 is 13.7 Å². The number of imidazole rings is 1. The van der Waals surface area contributed by atoms with E-state index in [1.165, 1.54) is 30.2 Å². The van der Waals surface area contributed by atoms with E-state index < -0.39 is 21.6 Å². The number of aromatic nitrogens is 3. The summed E-state index contributed by atoms with van der Waals surface area (Å²) in [5, 5.41) is 0. The highest BCUT2D eigenvalue weighted by molar-refractivity contribution is 7.89. The molecule has 4 aromatic rings. The zero-order valence-electron chi connectivity index (χ0n) is 21.3. The summed E-state index contributed by atoms with van der Waals surface area (Å²) in [4.78, 5) is 8.46. The first-order valence-electron chi connectivity index (χ1n) is 12.2. The van der Waals surface area contributed by atoms with Gasteiger partial charge in [0, 0.05) is 31.3 Å². The molecule has 7 nitrogen and oxygen atoms in total. The monoisotopic (exact) mass is 559 g/mol. The standard InChI is InChI=1S/C28H28F3N3O4S/c1-39(35,36)20-26-32-15-17-34(26)16-3-2-4-21-7-12-25(13-8-21)37-18-24-19-38-27(33-24)14-9-22-5-10-23(11-6-22)28(29,30)31/h5-15,17,19H,2-4,16,18,20H2,1H3. The zero-order valence-corrected chi connectivity index (χ0v) is 22.1. The average Bonchev–Trinajstić information content (AvgIpc) is 3.52. The summed E-state index contributed by atoms with van der Waals surface area (Å²) in [7, 11) is -3.12. The number of ether oxygens (including phenoxy) is 1. The molecule has 0 aliphatic heterocycles. The average molecular weight is 560 g/mol. The maximum atomic E-state index is 12.7. The molecule has 0 atom stereocenters. The number of rotatable bonds is 12. The van der Waals surface area contributed by atoms with Gasteiger partial charge >= 0.3 is 6.18 Å². The van der Waals surface area contributed by atoms with Crippen molar-refractivity contribution in [3.63, 3.8) is 0 Å². The molecular weight excluding hydrogens is 531 g/mol. The summed E-state index contributed by atoms with van der Waals surface area (Å²) in [6.45, 7) is 0.920. The van der Waals surface area contributed by atoms with E-state index in [-0.39, 0.29) is 12.4 Å². The fourth-order valence-corrected chi connectivity index (χ4v) is 4.56. The summed E-state index contributed by atoms with van der Waals surface area (Å²) >= 11 is 0. The molecule has 0 aliphatic rings. The maximum Gasteiger partial charge on any atom is 0.416 e. The molecule has 0 spiro atoms. The largest absolute Gasteiger partial charge is 0.487 e. The molecular formula is C28H28F3N3O4S. The van der Waals surface area contributed by atoms with Gasteiger partial charge in [0.05, 0.1) is 5.56 Å². The smallest absolute Gasteiger partial charge is 0.416 e. The Hall–Kier alpha value is -3.86. The highest BCUT2D eigenvalue weighted by Crippen LogP contribution is 2.29. The number of hydrogen-bond donors (Lipinski definition) is 0. The summed E-state index contributed by atoms with van der Waals surface area (Å²) in [5.41, 5.74) is 1.65. The summed E-state index contributed by atoms with van der Waals surface area (Å²) < 4.78 is 74.1. The Kier molecular flexibility index (Phi) is 8.90. The Bertz CT molecular complexity index is 1490. The number of benzene rings is 2. The normalized spacial score (nSPS) is 12.3. The molecule has 2 heterocycles. The second-order valence-corrected chi connectivity index (χ2v) is 11.3. The van der Waals surface area contributed by atoms with Crippen LogP contribution in [0.15, 0.2) is 71.6 Å². The molecule has 2 aromatic heterocycles. The molecule has 206 valence electrons. The molecule has 4 rings (SSSR count). The van der Waals surface area contributed by atoms with Gasteiger partial charge in [0.25, 0.3) is 0 Å². The molecule has 0 saturated heterocycles. The van der Waals surface area contributed by atoms with Crippen LogP contribution in [0.3, 0.4) is 0 Å². The summed E-state index contributed by atoms with van der Waals surface area (Å²) in [6, 6.07) is 12.6. The SMILES string of the molecule is CS(=O)(=O)Cc1nccn1CCCCc1ccc(OCc2coc(C=Cc3ccc(C(F)(F)F)cc3)n2)cc1. The van der Waals surface area contributed by atoms with E-state index in [0.29, 0.717) is 35.3 Å². The molecule has 11 heteroatoms. The van der Waals surface area contributed by atoms with E-state index in [1.807, 2.05) is 28.8 Å². The van der Waals surface area contributed by atoms with Gasteiger partial charge in [-0.05, 0) is 60.7 Å². The van der Waals surface area contributed by atoms with Crippen molar-refractivity contribution < 1.29 is 30.7 Å². The minimum atomic E-state index is -4.36. The quantitative estimate of drug-likeness (QED) is 0.192. The van der Waals surface area contributed by atoms with Crippen LogP contribution in [0.25, 0.3) is 12.2 Å². The first kappa shape index (κ1) is 28.2. The van der Waals surface area contributed by atoms with Crippen LogP contribution in [-0.2, 0) is 41.3 Å². The lowest BCUT2D eigenvalue weighted by molar-refractivity contribution is -0.137. The van der Waals surface area contributed by atoms with Crippen molar-refractivity contribution in [1.29, 1.82) is 0 Å². The lowest BCUT2D eigenvalue weighted by Crippen LogP contribution is -2.09. The van der Waals surface area contributed by atoms with Crippen molar-refractivity contribution >= 4 is 22.0 Å². The van der Waals surface area contributed by atoms with E-state index in [0.717, 1.165) is 31.4 Å². The Morgan fingerprint density at radius 3 is 2.46 bits per heavy atom. The van der Waals surface area contributed by atoms with Gasteiger partial charge in [-0.1, -0.05) is 24.3 Å². The number of hydrogen-bond acceptors (Lipinski definition) is 6. The van der Waals surface area contributed by atoms with Gasteiger partial charge in [-0.2, -0.15) is 13.2 Å². The van der Waals surface area contributed by atoms with Gasteiger partial charge in [0.1, 0.15) is 35.9 Å². The second kappa shape index (κ2) is 12.3. The molecule has 0 radical (unpaired) electrons. The van der Waals surface area contributed by atoms with Crippen LogP contribution in [0, 0.1) is 0 Å². The summed E-state index contributed by atoms with van der Waals surface area (Å²) in [5.74, 6) is 1.51. The van der Waals surface area contributed by atoms with Crippen LogP contribution in [0.2, 0.25) is 0 Å². The number of oxazole rings is 1. The minimum Gasteiger partial charge on any atom is -0.487 e.